The van der Waals surface area contributed by atoms with Crippen molar-refractivity contribution in [3.8, 4) is 0 Å². The van der Waals surface area contributed by atoms with Crippen molar-refractivity contribution in [2.24, 2.45) is 5.92 Å². The summed E-state index contributed by atoms with van der Waals surface area (Å²) in [6, 6.07) is 2.95. The van der Waals surface area contributed by atoms with Crippen LogP contribution in [0.5, 0.6) is 0 Å². The molecule has 0 saturated carbocycles. The summed E-state index contributed by atoms with van der Waals surface area (Å²) in [5.74, 6) is -0.371. The van der Waals surface area contributed by atoms with E-state index < -0.39 is 5.97 Å². The van der Waals surface area contributed by atoms with Gasteiger partial charge in [-0.15, -0.1) is 0 Å². The maximum absolute atomic E-state index is 11.8. The summed E-state index contributed by atoms with van der Waals surface area (Å²) in [5, 5.41) is 14.6. The lowest BCUT2D eigenvalue weighted by atomic mass is 10.0. The molecule has 3 N–H and O–H groups in total. The lowest BCUT2D eigenvalue weighted by Crippen LogP contribution is -2.29. The number of urea groups is 1. The molecule has 116 valence electrons. The average Bonchev–Trinajstić information content (AvgIpc) is 2.38. The Hall–Kier alpha value is -2.04. The van der Waals surface area contributed by atoms with Crippen molar-refractivity contribution in [1.29, 1.82) is 0 Å². The number of aromatic carboxylic acids is 1. The van der Waals surface area contributed by atoms with Gasteiger partial charge in [0.1, 0.15) is 0 Å². The number of nitrogens with one attached hydrogen (secondary N) is 2. The van der Waals surface area contributed by atoms with Crippen LogP contribution in [0.25, 0.3) is 0 Å². The van der Waals surface area contributed by atoms with E-state index >= 15 is 0 Å². The smallest absolute Gasteiger partial charge is 0.336 e. The molecule has 0 aliphatic heterocycles. The molecule has 0 saturated heterocycles. The first-order valence-electron chi connectivity index (χ1n) is 7.20. The SMILES string of the molecule is Cc1cc(NC(=O)NCCCC(C)C)cc(C(=O)O)c1C. The quantitative estimate of drug-likeness (QED) is 0.701. The van der Waals surface area contributed by atoms with Crippen LogP contribution in [0, 0.1) is 19.8 Å². The number of aryl methyl sites for hydroxylation is 1. The lowest BCUT2D eigenvalue weighted by Gasteiger charge is -2.12. The molecular weight excluding hydrogens is 268 g/mol. The van der Waals surface area contributed by atoms with Crippen LogP contribution in [-0.4, -0.2) is 23.7 Å². The zero-order valence-electron chi connectivity index (χ0n) is 13.1. The molecule has 0 fully saturated rings. The molecule has 0 radical (unpaired) electrons. The zero-order chi connectivity index (χ0) is 16.0. The summed E-state index contributed by atoms with van der Waals surface area (Å²) in [5.41, 5.74) is 2.26. The molecular formula is C16H24N2O3. The number of carboxylic acid groups (broad SMARTS) is 1. The number of anilines is 1. The number of rotatable bonds is 6. The van der Waals surface area contributed by atoms with Gasteiger partial charge in [0.2, 0.25) is 0 Å². The highest BCUT2D eigenvalue weighted by Gasteiger charge is 2.12. The minimum atomic E-state index is -0.989. The predicted octanol–water partition coefficient (Wildman–Crippen LogP) is 3.56. The first-order valence-corrected chi connectivity index (χ1v) is 7.20. The molecule has 0 aliphatic rings. The third-order valence-electron chi connectivity index (χ3n) is 3.40. The number of benzene rings is 1. The van der Waals surface area contributed by atoms with Gasteiger partial charge in [0.25, 0.3) is 0 Å². The van der Waals surface area contributed by atoms with Gasteiger partial charge in [-0.3, -0.25) is 0 Å². The molecule has 1 rings (SSSR count). The van der Waals surface area contributed by atoms with Gasteiger partial charge in [-0.2, -0.15) is 0 Å². The fraction of sp³-hybridized carbons (Fsp3) is 0.500. The molecule has 21 heavy (non-hydrogen) atoms. The fourth-order valence-electron chi connectivity index (χ4n) is 2.04. The zero-order valence-corrected chi connectivity index (χ0v) is 13.1. The van der Waals surface area contributed by atoms with Gasteiger partial charge < -0.3 is 15.7 Å². The topological polar surface area (TPSA) is 78.4 Å². The molecule has 0 aromatic heterocycles. The third-order valence-corrected chi connectivity index (χ3v) is 3.40. The maximum Gasteiger partial charge on any atom is 0.336 e. The van der Waals surface area contributed by atoms with Crippen molar-refractivity contribution in [3.05, 3.63) is 28.8 Å². The van der Waals surface area contributed by atoms with Crippen molar-refractivity contribution in [2.45, 2.75) is 40.5 Å². The Balaban J connectivity index is 2.62. The second-order valence-electron chi connectivity index (χ2n) is 5.69. The van der Waals surface area contributed by atoms with Gasteiger partial charge in [-0.05, 0) is 55.9 Å². The highest BCUT2D eigenvalue weighted by molar-refractivity contribution is 5.94. The van der Waals surface area contributed by atoms with E-state index in [9.17, 15) is 9.59 Å². The highest BCUT2D eigenvalue weighted by atomic mass is 16.4. The summed E-state index contributed by atoms with van der Waals surface area (Å²) in [6.45, 7) is 8.48. The summed E-state index contributed by atoms with van der Waals surface area (Å²) in [6.07, 6.45) is 1.99. The normalized spacial score (nSPS) is 10.5. The molecule has 0 bridgehead atoms. The van der Waals surface area contributed by atoms with E-state index in [1.807, 2.05) is 6.92 Å². The van der Waals surface area contributed by atoms with Crippen LogP contribution in [0.1, 0.15) is 48.2 Å². The predicted molar refractivity (Wildman–Crippen MR) is 84.0 cm³/mol. The summed E-state index contributed by atoms with van der Waals surface area (Å²) in [7, 11) is 0. The molecule has 5 heteroatoms. The van der Waals surface area contributed by atoms with Crippen LogP contribution in [0.2, 0.25) is 0 Å². The van der Waals surface area contributed by atoms with Gasteiger partial charge in [0, 0.05) is 12.2 Å². The van der Waals surface area contributed by atoms with Crippen molar-refractivity contribution in [1.82, 2.24) is 5.32 Å². The highest BCUT2D eigenvalue weighted by Crippen LogP contribution is 2.20. The Morgan fingerprint density at radius 3 is 2.48 bits per heavy atom. The first-order chi connectivity index (χ1) is 9.81. The standard InChI is InChI=1S/C16H24N2O3/c1-10(2)6-5-7-17-16(21)18-13-8-11(3)12(4)14(9-13)15(19)20/h8-10H,5-7H2,1-4H3,(H,19,20)(H2,17,18,21). The Kier molecular flexibility index (Phi) is 6.21. The van der Waals surface area contributed by atoms with Gasteiger partial charge in [-0.25, -0.2) is 9.59 Å². The van der Waals surface area contributed by atoms with Gasteiger partial charge >= 0.3 is 12.0 Å². The number of hydrogen-bond donors (Lipinski definition) is 3. The van der Waals surface area contributed by atoms with E-state index in [1.165, 1.54) is 6.07 Å². The van der Waals surface area contributed by atoms with Gasteiger partial charge in [-0.1, -0.05) is 13.8 Å². The lowest BCUT2D eigenvalue weighted by molar-refractivity contribution is 0.0696. The van der Waals surface area contributed by atoms with Crippen LogP contribution in [0.15, 0.2) is 12.1 Å². The summed E-state index contributed by atoms with van der Waals surface area (Å²) in [4.78, 5) is 22.9. The second-order valence-corrected chi connectivity index (χ2v) is 5.69. The number of amides is 2. The number of hydrogen-bond acceptors (Lipinski definition) is 2. The molecule has 0 spiro atoms. The van der Waals surface area contributed by atoms with Crippen molar-refractivity contribution in [2.75, 3.05) is 11.9 Å². The number of carbonyl (C=O) groups is 2. The number of carbonyl (C=O) groups excluding carboxylic acids is 1. The monoisotopic (exact) mass is 292 g/mol. The largest absolute Gasteiger partial charge is 0.478 e. The molecule has 2 amide bonds. The van der Waals surface area contributed by atoms with E-state index in [4.69, 9.17) is 5.11 Å². The third kappa shape index (κ3) is 5.45. The molecule has 0 heterocycles. The van der Waals surface area contributed by atoms with Crippen LogP contribution < -0.4 is 10.6 Å². The van der Waals surface area contributed by atoms with Gasteiger partial charge in [0.05, 0.1) is 5.56 Å². The van der Waals surface area contributed by atoms with E-state index in [-0.39, 0.29) is 11.6 Å². The Morgan fingerprint density at radius 2 is 1.90 bits per heavy atom. The molecule has 0 aliphatic carbocycles. The second kappa shape index (κ2) is 7.67. The van der Waals surface area contributed by atoms with E-state index in [0.29, 0.717) is 23.7 Å². The summed E-state index contributed by atoms with van der Waals surface area (Å²) >= 11 is 0. The first kappa shape index (κ1) is 17.0. The fourth-order valence-corrected chi connectivity index (χ4v) is 2.04. The van der Waals surface area contributed by atoms with E-state index in [0.717, 1.165) is 18.4 Å². The minimum absolute atomic E-state index is 0.213. The van der Waals surface area contributed by atoms with Crippen molar-refractivity contribution < 1.29 is 14.7 Å². The molecule has 1 aromatic carbocycles. The molecule has 0 unspecified atom stereocenters. The van der Waals surface area contributed by atoms with E-state index in [1.54, 1.807) is 13.0 Å². The van der Waals surface area contributed by atoms with E-state index in [2.05, 4.69) is 24.5 Å². The van der Waals surface area contributed by atoms with Crippen molar-refractivity contribution >= 4 is 17.7 Å². The Bertz CT molecular complexity index is 524. The van der Waals surface area contributed by atoms with Crippen LogP contribution in [0.4, 0.5) is 10.5 Å². The van der Waals surface area contributed by atoms with Crippen LogP contribution >= 0.6 is 0 Å². The van der Waals surface area contributed by atoms with Crippen LogP contribution in [0.3, 0.4) is 0 Å². The number of carboxylic acids is 1. The Labute approximate surface area is 125 Å². The van der Waals surface area contributed by atoms with Gasteiger partial charge in [0.15, 0.2) is 0 Å². The van der Waals surface area contributed by atoms with Crippen LogP contribution in [-0.2, 0) is 0 Å². The molecule has 5 nitrogen and oxygen atoms in total. The molecule has 1 aromatic rings. The summed E-state index contributed by atoms with van der Waals surface area (Å²) < 4.78 is 0. The Morgan fingerprint density at radius 1 is 1.24 bits per heavy atom. The maximum atomic E-state index is 11.8. The minimum Gasteiger partial charge on any atom is -0.478 e. The average molecular weight is 292 g/mol. The van der Waals surface area contributed by atoms with Crippen molar-refractivity contribution in [3.63, 3.8) is 0 Å². The molecule has 0 atom stereocenters.